The smallest absolute Gasteiger partial charge is 0.143 e. The zero-order chi connectivity index (χ0) is 9.26. The van der Waals surface area contributed by atoms with Crippen LogP contribution in [0.4, 0.5) is 5.69 Å². The zero-order valence-corrected chi connectivity index (χ0v) is 8.49. The van der Waals surface area contributed by atoms with Gasteiger partial charge in [-0.25, -0.2) is 0 Å². The first-order valence-corrected chi connectivity index (χ1v) is 6.04. The second kappa shape index (κ2) is 3.42. The average molecular weight is 195 g/mol. The van der Waals surface area contributed by atoms with E-state index in [-0.39, 0.29) is 10.5 Å². The van der Waals surface area contributed by atoms with Gasteiger partial charge in [-0.15, -0.1) is 0 Å². The number of hydrogen-bond donors (Lipinski definition) is 1. The van der Waals surface area contributed by atoms with Crippen LogP contribution in [0.1, 0.15) is 0 Å². The third kappa shape index (κ3) is 1.70. The fourth-order valence-corrected chi connectivity index (χ4v) is 1.94. The van der Waals surface area contributed by atoms with Crippen molar-refractivity contribution in [1.82, 2.24) is 0 Å². The average Bonchev–Trinajstić information content (AvgIpc) is 2.17. The highest BCUT2D eigenvalue weighted by atomic mass is 32.2. The molecule has 2 nitrogen and oxygen atoms in total. The molecule has 1 atom stereocenters. The maximum atomic E-state index is 5.53. The van der Waals surface area contributed by atoms with E-state index in [4.69, 9.17) is 4.74 Å². The maximum absolute atomic E-state index is 5.53. The van der Waals surface area contributed by atoms with Crippen LogP contribution in [0.3, 0.4) is 0 Å². The number of anilines is 1. The molecule has 1 aromatic carbocycles. The lowest BCUT2D eigenvalue weighted by Gasteiger charge is -2.19. The predicted molar refractivity (Wildman–Crippen MR) is 59.3 cm³/mol. The van der Waals surface area contributed by atoms with Crippen molar-refractivity contribution >= 4 is 22.0 Å². The molecule has 1 aliphatic rings. The van der Waals surface area contributed by atoms with Crippen LogP contribution in [0, 0.1) is 0 Å². The van der Waals surface area contributed by atoms with E-state index in [1.165, 1.54) is 4.90 Å². The Morgan fingerprint density at radius 3 is 3.15 bits per heavy atom. The standard InChI is InChI=1S/C10H13NOS/c1-13(2)8-3-4-9-10(7-8)12-6-5-11-9/h3-4,7,11H,1,5-6H2,2H3. The second-order valence-electron chi connectivity index (χ2n) is 3.07. The summed E-state index contributed by atoms with van der Waals surface area (Å²) in [6.07, 6.45) is 2.11. The number of nitrogens with one attached hydrogen (secondary N) is 1. The van der Waals surface area contributed by atoms with E-state index in [0.717, 1.165) is 24.6 Å². The minimum absolute atomic E-state index is 0.0652. The molecule has 70 valence electrons. The molecule has 0 aliphatic carbocycles. The molecule has 1 aromatic rings. The van der Waals surface area contributed by atoms with Gasteiger partial charge in [-0.3, -0.25) is 0 Å². The summed E-state index contributed by atoms with van der Waals surface area (Å²) < 4.78 is 5.53. The Kier molecular flexibility index (Phi) is 2.27. The monoisotopic (exact) mass is 195 g/mol. The van der Waals surface area contributed by atoms with Crippen molar-refractivity contribution in [3.05, 3.63) is 18.2 Å². The van der Waals surface area contributed by atoms with Gasteiger partial charge < -0.3 is 10.1 Å². The van der Waals surface area contributed by atoms with E-state index in [1.807, 2.05) is 0 Å². The molecule has 0 spiro atoms. The van der Waals surface area contributed by atoms with Gasteiger partial charge in [0.1, 0.15) is 12.4 Å². The first-order chi connectivity index (χ1) is 6.27. The lowest BCUT2D eigenvalue weighted by Crippen LogP contribution is -2.17. The SMILES string of the molecule is C=S(C)c1ccc2c(c1)OCCN2. The minimum atomic E-state index is 0.0652. The molecular formula is C10H13NOS. The van der Waals surface area contributed by atoms with Crippen LogP contribution in [0.5, 0.6) is 5.75 Å². The van der Waals surface area contributed by atoms with E-state index < -0.39 is 0 Å². The zero-order valence-electron chi connectivity index (χ0n) is 7.67. The Hall–Kier alpha value is -0.960. The first-order valence-electron chi connectivity index (χ1n) is 4.24. The van der Waals surface area contributed by atoms with E-state index in [9.17, 15) is 0 Å². The summed E-state index contributed by atoms with van der Waals surface area (Å²) in [6.45, 7) is 1.65. The molecule has 3 heteroatoms. The molecule has 13 heavy (non-hydrogen) atoms. The Labute approximate surface area is 80.8 Å². The summed E-state index contributed by atoms with van der Waals surface area (Å²) in [6, 6.07) is 6.26. The number of fused-ring (bicyclic) bond motifs is 1. The molecule has 2 rings (SSSR count). The van der Waals surface area contributed by atoms with Crippen LogP contribution < -0.4 is 10.1 Å². The molecule has 1 unspecified atom stereocenters. The van der Waals surface area contributed by atoms with Gasteiger partial charge in [0.15, 0.2) is 0 Å². The van der Waals surface area contributed by atoms with Crippen LogP contribution >= 0.6 is 10.5 Å². The Balaban J connectivity index is 2.40. The van der Waals surface area contributed by atoms with Crippen molar-refractivity contribution < 1.29 is 4.74 Å². The predicted octanol–water partition coefficient (Wildman–Crippen LogP) is 2.18. The summed E-state index contributed by atoms with van der Waals surface area (Å²) in [7, 11) is 0.0652. The lowest BCUT2D eigenvalue weighted by molar-refractivity contribution is 0.322. The van der Waals surface area contributed by atoms with Gasteiger partial charge in [0, 0.05) is 11.4 Å². The summed E-state index contributed by atoms with van der Waals surface area (Å²) in [5.41, 5.74) is 1.10. The van der Waals surface area contributed by atoms with Crippen LogP contribution in [-0.4, -0.2) is 25.3 Å². The van der Waals surface area contributed by atoms with E-state index in [2.05, 4.69) is 35.6 Å². The molecule has 1 heterocycles. The van der Waals surface area contributed by atoms with E-state index >= 15 is 0 Å². The van der Waals surface area contributed by atoms with Gasteiger partial charge in [0.25, 0.3) is 0 Å². The summed E-state index contributed by atoms with van der Waals surface area (Å²) >= 11 is 0. The Bertz CT molecular complexity index is 349. The lowest BCUT2D eigenvalue weighted by atomic mass is 10.2. The normalized spacial score (nSPS) is 16.7. The Morgan fingerprint density at radius 2 is 2.38 bits per heavy atom. The topological polar surface area (TPSA) is 21.3 Å². The quantitative estimate of drug-likeness (QED) is 0.693. The van der Waals surface area contributed by atoms with Crippen LogP contribution in [0.25, 0.3) is 0 Å². The number of rotatable bonds is 1. The van der Waals surface area contributed by atoms with E-state index in [0.29, 0.717) is 0 Å². The van der Waals surface area contributed by atoms with Gasteiger partial charge in [-0.1, -0.05) is 5.87 Å². The Morgan fingerprint density at radius 1 is 1.54 bits per heavy atom. The molecule has 0 radical (unpaired) electrons. The van der Waals surface area contributed by atoms with Gasteiger partial charge >= 0.3 is 0 Å². The minimum Gasteiger partial charge on any atom is -0.490 e. The highest BCUT2D eigenvalue weighted by Gasteiger charge is 2.09. The molecule has 0 fully saturated rings. The van der Waals surface area contributed by atoms with Crippen molar-refractivity contribution in [2.45, 2.75) is 4.90 Å². The summed E-state index contributed by atoms with van der Waals surface area (Å²) in [5.74, 6) is 4.97. The molecule has 0 amide bonds. The molecular weight excluding hydrogens is 182 g/mol. The third-order valence-corrected chi connectivity index (χ3v) is 3.09. The fraction of sp³-hybridized carbons (Fsp3) is 0.300. The largest absolute Gasteiger partial charge is 0.490 e. The maximum Gasteiger partial charge on any atom is 0.143 e. The van der Waals surface area contributed by atoms with Gasteiger partial charge in [0.2, 0.25) is 0 Å². The van der Waals surface area contributed by atoms with Gasteiger partial charge in [-0.2, -0.15) is 10.5 Å². The van der Waals surface area contributed by atoms with Crippen LogP contribution in [-0.2, 0) is 0 Å². The molecule has 1 aliphatic heterocycles. The first kappa shape index (κ1) is 8.63. The van der Waals surface area contributed by atoms with E-state index in [1.54, 1.807) is 0 Å². The van der Waals surface area contributed by atoms with Crippen LogP contribution in [0.2, 0.25) is 0 Å². The molecule has 0 saturated carbocycles. The van der Waals surface area contributed by atoms with Gasteiger partial charge in [-0.05, 0) is 24.5 Å². The van der Waals surface area contributed by atoms with Crippen molar-refractivity contribution in [2.24, 2.45) is 0 Å². The number of ether oxygens (including phenoxy) is 1. The van der Waals surface area contributed by atoms with Crippen molar-refractivity contribution in [3.63, 3.8) is 0 Å². The fourth-order valence-electron chi connectivity index (χ4n) is 1.33. The van der Waals surface area contributed by atoms with Gasteiger partial charge in [0.05, 0.1) is 5.69 Å². The third-order valence-electron chi connectivity index (χ3n) is 2.03. The highest BCUT2D eigenvalue weighted by molar-refractivity contribution is 8.13. The van der Waals surface area contributed by atoms with Crippen molar-refractivity contribution in [3.8, 4) is 5.75 Å². The number of hydrogen-bond acceptors (Lipinski definition) is 2. The summed E-state index contributed by atoms with van der Waals surface area (Å²) in [5, 5.41) is 3.29. The van der Waals surface area contributed by atoms with Crippen molar-refractivity contribution in [1.29, 1.82) is 0 Å². The molecule has 0 bridgehead atoms. The molecule has 1 N–H and O–H groups in total. The van der Waals surface area contributed by atoms with Crippen molar-refractivity contribution in [2.75, 3.05) is 24.7 Å². The molecule has 0 saturated heterocycles. The highest BCUT2D eigenvalue weighted by Crippen LogP contribution is 2.32. The number of benzene rings is 1. The summed E-state index contributed by atoms with van der Waals surface area (Å²) in [4.78, 5) is 1.25. The van der Waals surface area contributed by atoms with Crippen LogP contribution in [0.15, 0.2) is 23.1 Å². The molecule has 0 aromatic heterocycles. The second-order valence-corrected chi connectivity index (χ2v) is 4.82.